The Kier molecular flexibility index (Phi) is 2.44. The summed E-state index contributed by atoms with van der Waals surface area (Å²) in [6.45, 7) is 1.34. The Hall–Kier alpha value is -1.42. The largest absolute Gasteiger partial charge is 0.463 e. The van der Waals surface area contributed by atoms with E-state index in [4.69, 9.17) is 4.42 Å². The molecule has 15 heavy (non-hydrogen) atoms. The van der Waals surface area contributed by atoms with Crippen molar-refractivity contribution in [2.75, 3.05) is 0 Å². The third-order valence-corrected chi connectivity index (χ3v) is 2.61. The molecule has 0 aliphatic heterocycles. The number of Topliss-reactive ketones (excluding diaryl/α,β-unsaturated/α-hetero) is 1. The van der Waals surface area contributed by atoms with Crippen LogP contribution in [0.2, 0.25) is 0 Å². The van der Waals surface area contributed by atoms with Crippen LogP contribution >= 0.6 is 15.9 Å². The minimum absolute atomic E-state index is 0.0878. The maximum Gasteiger partial charge on any atom is 0.203 e. The van der Waals surface area contributed by atoms with Crippen LogP contribution < -0.4 is 5.43 Å². The molecule has 1 heterocycles. The van der Waals surface area contributed by atoms with Crippen molar-refractivity contribution in [3.8, 4) is 0 Å². The molecule has 1 aromatic carbocycles. The predicted octanol–water partition coefficient (Wildman–Crippen LogP) is 2.76. The van der Waals surface area contributed by atoms with Gasteiger partial charge in [0, 0.05) is 4.47 Å². The molecule has 0 unspecified atom stereocenters. The molecule has 0 saturated carbocycles. The molecule has 0 atom stereocenters. The molecule has 1 aromatic heterocycles. The van der Waals surface area contributed by atoms with Crippen LogP contribution in [0.3, 0.4) is 0 Å². The highest BCUT2D eigenvalue weighted by Crippen LogP contribution is 2.17. The summed E-state index contributed by atoms with van der Waals surface area (Å²) in [5.74, 6) is -0.284. The molecule has 2 aromatic rings. The Morgan fingerprint density at radius 2 is 2.13 bits per heavy atom. The summed E-state index contributed by atoms with van der Waals surface area (Å²) in [7, 11) is 0. The summed E-state index contributed by atoms with van der Waals surface area (Å²) < 4.78 is 6.04. The maximum absolute atomic E-state index is 11.8. The molecule has 0 bridgehead atoms. The molecule has 0 spiro atoms. The van der Waals surface area contributed by atoms with Crippen LogP contribution in [0.1, 0.15) is 17.3 Å². The summed E-state index contributed by atoms with van der Waals surface area (Å²) in [6.07, 6.45) is 1.21. The lowest BCUT2D eigenvalue weighted by Gasteiger charge is -1.99. The first kappa shape index (κ1) is 10.1. The highest BCUT2D eigenvalue weighted by Gasteiger charge is 2.10. The van der Waals surface area contributed by atoms with Crippen molar-refractivity contribution in [3.63, 3.8) is 0 Å². The summed E-state index contributed by atoms with van der Waals surface area (Å²) in [6, 6.07) is 5.07. The molecule has 0 aliphatic rings. The van der Waals surface area contributed by atoms with Crippen molar-refractivity contribution in [1.29, 1.82) is 0 Å². The van der Waals surface area contributed by atoms with Gasteiger partial charge in [0.05, 0.1) is 5.39 Å². The van der Waals surface area contributed by atoms with Crippen molar-refractivity contribution in [3.05, 3.63) is 44.7 Å². The Balaban J connectivity index is 2.86. The molecule has 0 amide bonds. The average molecular weight is 267 g/mol. The summed E-state index contributed by atoms with van der Waals surface area (Å²) in [5.41, 5.74) is 0.278. The van der Waals surface area contributed by atoms with E-state index < -0.39 is 0 Å². The number of hydrogen-bond donors (Lipinski definition) is 0. The van der Waals surface area contributed by atoms with Crippen LogP contribution in [0.4, 0.5) is 0 Å². The molecule has 0 saturated heterocycles. The highest BCUT2D eigenvalue weighted by atomic mass is 79.9. The van der Waals surface area contributed by atoms with E-state index in [0.29, 0.717) is 11.0 Å². The van der Waals surface area contributed by atoms with E-state index in [-0.39, 0.29) is 16.8 Å². The molecule has 0 radical (unpaired) electrons. The van der Waals surface area contributed by atoms with E-state index in [2.05, 4.69) is 15.9 Å². The monoisotopic (exact) mass is 266 g/mol. The van der Waals surface area contributed by atoms with Crippen LogP contribution in [0.5, 0.6) is 0 Å². The molecule has 0 N–H and O–H groups in total. The molecule has 76 valence electrons. The summed E-state index contributed by atoms with van der Waals surface area (Å²) >= 11 is 3.28. The van der Waals surface area contributed by atoms with Crippen LogP contribution in [0.25, 0.3) is 11.0 Å². The van der Waals surface area contributed by atoms with E-state index in [9.17, 15) is 9.59 Å². The first-order chi connectivity index (χ1) is 7.09. The van der Waals surface area contributed by atoms with E-state index in [1.165, 1.54) is 13.2 Å². The minimum atomic E-state index is -0.284. The van der Waals surface area contributed by atoms with Gasteiger partial charge < -0.3 is 4.42 Å². The van der Waals surface area contributed by atoms with Gasteiger partial charge in [0.25, 0.3) is 0 Å². The number of hydrogen-bond acceptors (Lipinski definition) is 3. The zero-order valence-electron chi connectivity index (χ0n) is 7.91. The summed E-state index contributed by atoms with van der Waals surface area (Å²) in [4.78, 5) is 22.9. The number of carbonyl (C=O) groups excluding carboxylic acids is 1. The summed E-state index contributed by atoms with van der Waals surface area (Å²) in [5, 5.41) is 0.422. The molecule has 3 nitrogen and oxygen atoms in total. The molecule has 0 aliphatic carbocycles. The minimum Gasteiger partial charge on any atom is -0.463 e. The third kappa shape index (κ3) is 1.72. The van der Waals surface area contributed by atoms with Gasteiger partial charge in [-0.2, -0.15) is 0 Å². The Morgan fingerprint density at radius 1 is 1.40 bits per heavy atom. The van der Waals surface area contributed by atoms with E-state index in [0.717, 1.165) is 4.47 Å². The first-order valence-corrected chi connectivity index (χ1v) is 5.11. The highest BCUT2D eigenvalue weighted by molar-refractivity contribution is 9.10. The second-order valence-electron chi connectivity index (χ2n) is 3.18. The molecule has 0 fully saturated rings. The van der Waals surface area contributed by atoms with Gasteiger partial charge in [-0.1, -0.05) is 15.9 Å². The van der Waals surface area contributed by atoms with Gasteiger partial charge in [-0.3, -0.25) is 9.59 Å². The lowest BCUT2D eigenvalue weighted by atomic mass is 10.1. The van der Waals surface area contributed by atoms with Gasteiger partial charge in [0.15, 0.2) is 5.78 Å². The van der Waals surface area contributed by atoms with Crippen LogP contribution in [-0.2, 0) is 0 Å². The van der Waals surface area contributed by atoms with Gasteiger partial charge in [0.1, 0.15) is 17.4 Å². The fourth-order valence-corrected chi connectivity index (χ4v) is 1.69. The van der Waals surface area contributed by atoms with Crippen molar-refractivity contribution >= 4 is 32.7 Å². The fourth-order valence-electron chi connectivity index (χ4n) is 1.35. The van der Waals surface area contributed by atoms with Gasteiger partial charge in [-0.25, -0.2) is 0 Å². The standard InChI is InChI=1S/C11H7BrO3/c1-6(13)9-5-15-10-4-7(12)2-3-8(10)11(9)14/h2-5H,1H3. The lowest BCUT2D eigenvalue weighted by Crippen LogP contribution is -2.12. The van der Waals surface area contributed by atoms with Gasteiger partial charge in [-0.05, 0) is 25.1 Å². The number of halogens is 1. The van der Waals surface area contributed by atoms with Crippen molar-refractivity contribution in [2.45, 2.75) is 6.92 Å². The maximum atomic E-state index is 11.8. The SMILES string of the molecule is CC(=O)c1coc2cc(Br)ccc2c1=O. The third-order valence-electron chi connectivity index (χ3n) is 2.12. The smallest absolute Gasteiger partial charge is 0.203 e. The topological polar surface area (TPSA) is 47.3 Å². The number of ketones is 1. The molecule has 4 heteroatoms. The Labute approximate surface area is 93.8 Å². The van der Waals surface area contributed by atoms with Crippen molar-refractivity contribution < 1.29 is 9.21 Å². The van der Waals surface area contributed by atoms with Crippen LogP contribution in [0, 0.1) is 0 Å². The lowest BCUT2D eigenvalue weighted by molar-refractivity contribution is 0.101. The number of fused-ring (bicyclic) bond motifs is 1. The van der Waals surface area contributed by atoms with Crippen LogP contribution in [0.15, 0.2) is 38.1 Å². The first-order valence-electron chi connectivity index (χ1n) is 4.31. The van der Waals surface area contributed by atoms with Crippen LogP contribution in [-0.4, -0.2) is 5.78 Å². The zero-order valence-corrected chi connectivity index (χ0v) is 9.50. The van der Waals surface area contributed by atoms with Gasteiger partial charge in [0.2, 0.25) is 5.43 Å². The fraction of sp³-hybridized carbons (Fsp3) is 0.0909. The van der Waals surface area contributed by atoms with E-state index >= 15 is 0 Å². The van der Waals surface area contributed by atoms with Crippen molar-refractivity contribution in [1.82, 2.24) is 0 Å². The Morgan fingerprint density at radius 3 is 2.80 bits per heavy atom. The second kappa shape index (κ2) is 3.62. The van der Waals surface area contributed by atoms with E-state index in [1.54, 1.807) is 18.2 Å². The molecular weight excluding hydrogens is 260 g/mol. The molecule has 2 rings (SSSR count). The number of benzene rings is 1. The van der Waals surface area contributed by atoms with Gasteiger partial charge in [-0.15, -0.1) is 0 Å². The van der Waals surface area contributed by atoms with E-state index in [1.807, 2.05) is 0 Å². The second-order valence-corrected chi connectivity index (χ2v) is 4.09. The number of rotatable bonds is 1. The quantitative estimate of drug-likeness (QED) is 0.746. The average Bonchev–Trinajstić information content (AvgIpc) is 2.17. The van der Waals surface area contributed by atoms with Gasteiger partial charge >= 0.3 is 0 Å². The molecular formula is C11H7BrO3. The zero-order chi connectivity index (χ0) is 11.0. The Bertz CT molecular complexity index is 598. The normalized spacial score (nSPS) is 10.5. The number of carbonyl (C=O) groups is 1. The predicted molar refractivity (Wildman–Crippen MR) is 60.2 cm³/mol. The van der Waals surface area contributed by atoms with Crippen molar-refractivity contribution in [2.24, 2.45) is 0 Å².